The van der Waals surface area contributed by atoms with E-state index in [2.05, 4.69) is 4.90 Å². The Labute approximate surface area is 94.7 Å². The Morgan fingerprint density at radius 1 is 1.14 bits per heavy atom. The molecule has 0 N–H and O–H groups in total. The van der Waals surface area contributed by atoms with Gasteiger partial charge in [0.15, 0.2) is 0 Å². The third-order valence-corrected chi connectivity index (χ3v) is 3.23. The van der Waals surface area contributed by atoms with Crippen LogP contribution in [0.15, 0.2) is 24.3 Å². The number of hydrogen-bond donors (Lipinski definition) is 0. The predicted molar refractivity (Wildman–Crippen MR) is 64.0 cm³/mol. The zero-order valence-electron chi connectivity index (χ0n) is 7.87. The van der Waals surface area contributed by atoms with Crippen LogP contribution < -0.4 is 0 Å². The van der Waals surface area contributed by atoms with Crippen LogP contribution in [0.1, 0.15) is 18.4 Å². The lowest BCUT2D eigenvalue weighted by Gasteiger charge is -2.18. The van der Waals surface area contributed by atoms with E-state index >= 15 is 0 Å². The van der Waals surface area contributed by atoms with E-state index in [0.29, 0.717) is 0 Å². The molecule has 0 aromatic heterocycles. The Hall–Kier alpha value is -0.600. The lowest BCUT2D eigenvalue weighted by molar-refractivity contribution is 0.530. The molecule has 74 valence electrons. The molecule has 0 bridgehead atoms. The number of hydrogen-bond acceptors (Lipinski definition) is 1. The highest BCUT2D eigenvalue weighted by atomic mass is 35.5. The van der Waals surface area contributed by atoms with Gasteiger partial charge in [0.2, 0.25) is 0 Å². The van der Waals surface area contributed by atoms with Crippen molar-refractivity contribution in [3.63, 3.8) is 0 Å². The summed E-state index contributed by atoms with van der Waals surface area (Å²) in [7, 11) is 0. The Kier molecular flexibility index (Phi) is 3.04. The Morgan fingerprint density at radius 2 is 1.71 bits per heavy atom. The van der Waals surface area contributed by atoms with E-state index in [1.54, 1.807) is 0 Å². The molecule has 0 radical (unpaired) electrons. The molecular weight excluding hydrogens is 214 g/mol. The van der Waals surface area contributed by atoms with Gasteiger partial charge in [0, 0.05) is 23.7 Å². The molecule has 3 heteroatoms. The quantitative estimate of drug-likeness (QED) is 0.676. The number of halogens is 1. The summed E-state index contributed by atoms with van der Waals surface area (Å²) in [5, 5.41) is 0.762. The maximum atomic E-state index is 5.82. The Morgan fingerprint density at radius 3 is 2.29 bits per heavy atom. The summed E-state index contributed by atoms with van der Waals surface area (Å²) >= 11 is 11.2. The molecule has 1 heterocycles. The molecule has 0 amide bonds. The van der Waals surface area contributed by atoms with Gasteiger partial charge in [-0.05, 0) is 25.0 Å². The van der Waals surface area contributed by atoms with Crippen LogP contribution in [-0.4, -0.2) is 23.0 Å². The van der Waals surface area contributed by atoms with E-state index < -0.39 is 0 Å². The molecule has 1 fully saturated rings. The molecule has 0 unspecified atom stereocenters. The molecule has 1 aromatic carbocycles. The molecule has 0 spiro atoms. The van der Waals surface area contributed by atoms with Gasteiger partial charge >= 0.3 is 0 Å². The Balaban J connectivity index is 2.14. The summed E-state index contributed by atoms with van der Waals surface area (Å²) in [5.74, 6) is 0. The summed E-state index contributed by atoms with van der Waals surface area (Å²) in [5.41, 5.74) is 1.10. The van der Waals surface area contributed by atoms with Crippen LogP contribution in [-0.2, 0) is 0 Å². The summed E-state index contributed by atoms with van der Waals surface area (Å²) in [6.45, 7) is 2.20. The standard InChI is InChI=1S/C11H12ClNS/c12-10-5-3-9(4-6-10)11(14)13-7-1-2-8-13/h3-6H,1-2,7-8H2. The van der Waals surface area contributed by atoms with Gasteiger partial charge in [0.25, 0.3) is 0 Å². The molecule has 0 aliphatic carbocycles. The highest BCUT2D eigenvalue weighted by Gasteiger charge is 2.15. The van der Waals surface area contributed by atoms with Crippen LogP contribution in [0, 0.1) is 0 Å². The maximum Gasteiger partial charge on any atom is 0.109 e. The first-order valence-corrected chi connectivity index (χ1v) is 5.61. The third-order valence-electron chi connectivity index (χ3n) is 2.48. The SMILES string of the molecule is S=C(c1ccc(Cl)cc1)N1CCCC1. The van der Waals surface area contributed by atoms with E-state index in [1.807, 2.05) is 24.3 Å². The zero-order valence-corrected chi connectivity index (χ0v) is 9.44. The number of rotatable bonds is 1. The van der Waals surface area contributed by atoms with Crippen LogP contribution in [0.5, 0.6) is 0 Å². The molecular formula is C11H12ClNS. The van der Waals surface area contributed by atoms with Crippen LogP contribution in [0.2, 0.25) is 5.02 Å². The van der Waals surface area contributed by atoms with Crippen molar-refractivity contribution in [1.82, 2.24) is 4.90 Å². The van der Waals surface area contributed by atoms with Crippen LogP contribution >= 0.6 is 23.8 Å². The highest BCUT2D eigenvalue weighted by Crippen LogP contribution is 2.16. The number of benzene rings is 1. The molecule has 1 aliphatic rings. The second-order valence-electron chi connectivity index (χ2n) is 3.51. The lowest BCUT2D eigenvalue weighted by atomic mass is 10.2. The summed E-state index contributed by atoms with van der Waals surface area (Å²) < 4.78 is 0. The van der Waals surface area contributed by atoms with E-state index in [0.717, 1.165) is 28.7 Å². The van der Waals surface area contributed by atoms with E-state index in [4.69, 9.17) is 23.8 Å². The molecule has 1 aliphatic heterocycles. The largest absolute Gasteiger partial charge is 0.362 e. The number of thiocarbonyl (C=S) groups is 1. The third kappa shape index (κ3) is 2.07. The minimum Gasteiger partial charge on any atom is -0.362 e. The van der Waals surface area contributed by atoms with Gasteiger partial charge in [-0.2, -0.15) is 0 Å². The first-order chi connectivity index (χ1) is 6.77. The molecule has 1 nitrogen and oxygen atoms in total. The topological polar surface area (TPSA) is 3.24 Å². The van der Waals surface area contributed by atoms with Gasteiger partial charge in [0.05, 0.1) is 0 Å². The van der Waals surface area contributed by atoms with Crippen molar-refractivity contribution in [2.75, 3.05) is 13.1 Å². The molecule has 1 saturated heterocycles. The van der Waals surface area contributed by atoms with Crippen molar-refractivity contribution in [3.8, 4) is 0 Å². The Bertz CT molecular complexity index is 328. The summed E-state index contributed by atoms with van der Waals surface area (Å²) in [4.78, 5) is 3.22. The van der Waals surface area contributed by atoms with Crippen molar-refractivity contribution in [2.45, 2.75) is 12.8 Å². The second kappa shape index (κ2) is 4.28. The fourth-order valence-corrected chi connectivity index (χ4v) is 2.14. The average molecular weight is 226 g/mol. The van der Waals surface area contributed by atoms with E-state index in [1.165, 1.54) is 12.8 Å². The van der Waals surface area contributed by atoms with Crippen LogP contribution in [0.3, 0.4) is 0 Å². The van der Waals surface area contributed by atoms with Crippen LogP contribution in [0.4, 0.5) is 0 Å². The van der Waals surface area contributed by atoms with Crippen molar-refractivity contribution in [2.24, 2.45) is 0 Å². The second-order valence-corrected chi connectivity index (χ2v) is 4.33. The van der Waals surface area contributed by atoms with Gasteiger partial charge < -0.3 is 4.90 Å². The molecule has 0 atom stereocenters. The smallest absolute Gasteiger partial charge is 0.109 e. The van der Waals surface area contributed by atoms with Crippen molar-refractivity contribution < 1.29 is 0 Å². The first-order valence-electron chi connectivity index (χ1n) is 4.82. The van der Waals surface area contributed by atoms with E-state index in [-0.39, 0.29) is 0 Å². The molecule has 2 rings (SSSR count). The predicted octanol–water partition coefficient (Wildman–Crippen LogP) is 3.11. The van der Waals surface area contributed by atoms with Gasteiger partial charge in [-0.3, -0.25) is 0 Å². The van der Waals surface area contributed by atoms with E-state index in [9.17, 15) is 0 Å². The number of nitrogens with zero attached hydrogens (tertiary/aromatic N) is 1. The maximum absolute atomic E-state index is 5.82. The fourth-order valence-electron chi connectivity index (χ4n) is 1.70. The minimum atomic E-state index is 0.762. The monoisotopic (exact) mass is 225 g/mol. The van der Waals surface area contributed by atoms with Crippen molar-refractivity contribution >= 4 is 28.8 Å². The number of likely N-dealkylation sites (tertiary alicyclic amines) is 1. The van der Waals surface area contributed by atoms with Crippen LogP contribution in [0.25, 0.3) is 0 Å². The average Bonchev–Trinajstić information content (AvgIpc) is 2.71. The lowest BCUT2D eigenvalue weighted by Crippen LogP contribution is -2.26. The molecule has 14 heavy (non-hydrogen) atoms. The molecule has 0 saturated carbocycles. The first kappa shape index (κ1) is 9.94. The minimum absolute atomic E-state index is 0.762. The molecule has 1 aromatic rings. The van der Waals surface area contributed by atoms with Crippen molar-refractivity contribution in [1.29, 1.82) is 0 Å². The summed E-state index contributed by atoms with van der Waals surface area (Å²) in [6, 6.07) is 7.75. The van der Waals surface area contributed by atoms with Gasteiger partial charge in [-0.25, -0.2) is 0 Å². The van der Waals surface area contributed by atoms with Gasteiger partial charge in [-0.15, -0.1) is 0 Å². The normalized spacial score (nSPS) is 15.9. The highest BCUT2D eigenvalue weighted by molar-refractivity contribution is 7.80. The summed E-state index contributed by atoms with van der Waals surface area (Å²) in [6.07, 6.45) is 2.52. The van der Waals surface area contributed by atoms with Gasteiger partial charge in [0.1, 0.15) is 4.99 Å². The van der Waals surface area contributed by atoms with Gasteiger partial charge in [-0.1, -0.05) is 36.0 Å². The fraction of sp³-hybridized carbons (Fsp3) is 0.364. The van der Waals surface area contributed by atoms with Crippen molar-refractivity contribution in [3.05, 3.63) is 34.9 Å². The zero-order chi connectivity index (χ0) is 9.97.